The molecule has 0 spiro atoms. The smallest absolute Gasteiger partial charge is 0.269 e. The summed E-state index contributed by atoms with van der Waals surface area (Å²) in [5.74, 6) is 1.97. The van der Waals surface area contributed by atoms with Gasteiger partial charge in [0.15, 0.2) is 0 Å². The summed E-state index contributed by atoms with van der Waals surface area (Å²) in [4.78, 5) is 18.7. The minimum absolute atomic E-state index is 0.0711. The molecule has 0 amide bonds. The van der Waals surface area contributed by atoms with Crippen molar-refractivity contribution in [2.75, 3.05) is 31.4 Å². The van der Waals surface area contributed by atoms with E-state index in [1.807, 2.05) is 12.1 Å². The molecule has 162 valence electrons. The number of benzene rings is 2. The topological polar surface area (TPSA) is 111 Å². The summed E-state index contributed by atoms with van der Waals surface area (Å²) >= 11 is 5.98. The average Bonchev–Trinajstić information content (AvgIpc) is 2.78. The second-order valence-electron chi connectivity index (χ2n) is 6.57. The molecule has 2 aromatic carbocycles. The van der Waals surface area contributed by atoms with E-state index in [0.29, 0.717) is 36.8 Å². The summed E-state index contributed by atoms with van der Waals surface area (Å²) in [5, 5.41) is 17.5. The maximum atomic E-state index is 10.8. The molecule has 0 bridgehead atoms. The Morgan fingerprint density at radius 2 is 1.74 bits per heavy atom. The van der Waals surface area contributed by atoms with Crippen LogP contribution in [0.5, 0.6) is 11.5 Å². The number of nitrogens with zero attached hydrogens (tertiary/aromatic N) is 3. The maximum Gasteiger partial charge on any atom is 0.269 e. The van der Waals surface area contributed by atoms with Crippen molar-refractivity contribution >= 4 is 28.8 Å². The summed E-state index contributed by atoms with van der Waals surface area (Å²) in [6.07, 6.45) is 2.33. The van der Waals surface area contributed by atoms with Gasteiger partial charge in [-0.2, -0.15) is 0 Å². The lowest BCUT2D eigenvalue weighted by Gasteiger charge is -2.14. The van der Waals surface area contributed by atoms with Gasteiger partial charge >= 0.3 is 0 Å². The first-order valence-electron chi connectivity index (χ1n) is 9.44. The molecule has 0 radical (unpaired) electrons. The van der Waals surface area contributed by atoms with Gasteiger partial charge in [0.25, 0.3) is 5.69 Å². The Labute approximate surface area is 184 Å². The minimum Gasteiger partial charge on any atom is -0.497 e. The fraction of sp³-hybridized carbons (Fsp3) is 0.238. The van der Waals surface area contributed by atoms with Crippen molar-refractivity contribution in [3.8, 4) is 11.5 Å². The Morgan fingerprint density at radius 3 is 2.35 bits per heavy atom. The van der Waals surface area contributed by atoms with E-state index in [1.165, 1.54) is 12.1 Å². The second kappa shape index (κ2) is 10.4. The molecule has 9 nitrogen and oxygen atoms in total. The largest absolute Gasteiger partial charge is 0.497 e. The summed E-state index contributed by atoms with van der Waals surface area (Å²) in [6, 6.07) is 12.0. The molecule has 10 heteroatoms. The van der Waals surface area contributed by atoms with Crippen LogP contribution in [0, 0.1) is 10.1 Å². The molecule has 0 fully saturated rings. The Balaban J connectivity index is 1.64. The average molecular weight is 444 g/mol. The number of rotatable bonds is 10. The molecule has 0 saturated carbocycles. The van der Waals surface area contributed by atoms with Crippen molar-refractivity contribution in [1.29, 1.82) is 0 Å². The number of anilines is 2. The fourth-order valence-electron chi connectivity index (χ4n) is 2.88. The molecule has 3 rings (SSSR count). The molecule has 3 aromatic rings. The van der Waals surface area contributed by atoms with Crippen molar-refractivity contribution in [3.63, 3.8) is 0 Å². The molecule has 0 atom stereocenters. The van der Waals surface area contributed by atoms with E-state index in [0.717, 1.165) is 16.8 Å². The van der Waals surface area contributed by atoms with Crippen LogP contribution < -0.4 is 20.1 Å². The van der Waals surface area contributed by atoms with Crippen LogP contribution >= 0.6 is 11.6 Å². The van der Waals surface area contributed by atoms with Gasteiger partial charge in [0.2, 0.25) is 5.28 Å². The molecule has 1 aromatic heterocycles. The van der Waals surface area contributed by atoms with E-state index in [9.17, 15) is 10.1 Å². The zero-order valence-electron chi connectivity index (χ0n) is 17.1. The van der Waals surface area contributed by atoms with Crippen LogP contribution in [0.1, 0.15) is 11.1 Å². The first-order valence-corrected chi connectivity index (χ1v) is 9.82. The standard InChI is InChI=1S/C21H22ClN5O4/c1-30-18-9-16(10-19(11-18)31-2)24-12-15-13-25-21(22)26-20(15)23-8-7-14-3-5-17(6-4-14)27(28)29/h3-6,9-11,13,24H,7-8,12H2,1-2H3,(H,23,25,26). The van der Waals surface area contributed by atoms with Crippen molar-refractivity contribution in [1.82, 2.24) is 9.97 Å². The van der Waals surface area contributed by atoms with Gasteiger partial charge in [-0.3, -0.25) is 10.1 Å². The summed E-state index contributed by atoms with van der Waals surface area (Å²) in [6.45, 7) is 1.03. The van der Waals surface area contributed by atoms with Crippen molar-refractivity contribution in [3.05, 3.63) is 75.2 Å². The van der Waals surface area contributed by atoms with Gasteiger partial charge in [0, 0.05) is 60.9 Å². The van der Waals surface area contributed by atoms with Gasteiger partial charge in [0.1, 0.15) is 17.3 Å². The lowest BCUT2D eigenvalue weighted by Crippen LogP contribution is -2.11. The van der Waals surface area contributed by atoms with Gasteiger partial charge < -0.3 is 20.1 Å². The summed E-state index contributed by atoms with van der Waals surface area (Å²) in [7, 11) is 3.19. The molecular formula is C21H22ClN5O4. The van der Waals surface area contributed by atoms with Crippen LogP contribution in [0.25, 0.3) is 0 Å². The predicted octanol–water partition coefficient (Wildman–Crippen LogP) is 4.32. The van der Waals surface area contributed by atoms with Crippen LogP contribution in [0.2, 0.25) is 5.28 Å². The lowest BCUT2D eigenvalue weighted by atomic mass is 10.1. The van der Waals surface area contributed by atoms with Crippen molar-refractivity contribution in [2.45, 2.75) is 13.0 Å². The third-order valence-corrected chi connectivity index (χ3v) is 4.70. The Hall–Kier alpha value is -3.59. The number of hydrogen-bond donors (Lipinski definition) is 2. The monoisotopic (exact) mass is 443 g/mol. The Kier molecular flexibility index (Phi) is 7.45. The van der Waals surface area contributed by atoms with Crippen LogP contribution in [0.4, 0.5) is 17.2 Å². The van der Waals surface area contributed by atoms with Crippen LogP contribution in [-0.2, 0) is 13.0 Å². The highest BCUT2D eigenvalue weighted by molar-refractivity contribution is 6.28. The number of nitro benzene ring substituents is 1. The van der Waals surface area contributed by atoms with E-state index in [1.54, 1.807) is 38.6 Å². The number of nitro groups is 1. The minimum atomic E-state index is -0.415. The molecular weight excluding hydrogens is 422 g/mol. The number of ether oxygens (including phenoxy) is 2. The van der Waals surface area contributed by atoms with E-state index in [2.05, 4.69) is 20.6 Å². The van der Waals surface area contributed by atoms with E-state index in [-0.39, 0.29) is 11.0 Å². The molecule has 0 aliphatic rings. The Morgan fingerprint density at radius 1 is 1.06 bits per heavy atom. The normalized spacial score (nSPS) is 10.4. The van der Waals surface area contributed by atoms with Crippen molar-refractivity contribution in [2.24, 2.45) is 0 Å². The number of aromatic nitrogens is 2. The van der Waals surface area contributed by atoms with E-state index in [4.69, 9.17) is 21.1 Å². The van der Waals surface area contributed by atoms with Gasteiger partial charge in [-0.15, -0.1) is 0 Å². The molecule has 31 heavy (non-hydrogen) atoms. The second-order valence-corrected chi connectivity index (χ2v) is 6.91. The molecule has 0 unspecified atom stereocenters. The predicted molar refractivity (Wildman–Crippen MR) is 119 cm³/mol. The third kappa shape index (κ3) is 6.19. The third-order valence-electron chi connectivity index (χ3n) is 4.52. The van der Waals surface area contributed by atoms with Crippen LogP contribution in [0.3, 0.4) is 0 Å². The number of nitrogens with one attached hydrogen (secondary N) is 2. The van der Waals surface area contributed by atoms with E-state index >= 15 is 0 Å². The van der Waals surface area contributed by atoms with Crippen LogP contribution in [-0.4, -0.2) is 35.7 Å². The quantitative estimate of drug-likeness (QED) is 0.270. The molecule has 0 aliphatic carbocycles. The zero-order chi connectivity index (χ0) is 22.2. The number of non-ortho nitro benzene ring substituents is 1. The first-order chi connectivity index (χ1) is 15.0. The van der Waals surface area contributed by atoms with E-state index < -0.39 is 4.92 Å². The number of hydrogen-bond acceptors (Lipinski definition) is 8. The number of methoxy groups -OCH3 is 2. The molecule has 0 aliphatic heterocycles. The Bertz CT molecular complexity index is 1020. The van der Waals surface area contributed by atoms with Gasteiger partial charge in [-0.1, -0.05) is 12.1 Å². The highest BCUT2D eigenvalue weighted by Gasteiger charge is 2.09. The van der Waals surface area contributed by atoms with Gasteiger partial charge in [-0.25, -0.2) is 9.97 Å². The first kappa shape index (κ1) is 22.1. The lowest BCUT2D eigenvalue weighted by molar-refractivity contribution is -0.384. The highest BCUT2D eigenvalue weighted by atomic mass is 35.5. The highest BCUT2D eigenvalue weighted by Crippen LogP contribution is 2.26. The van der Waals surface area contributed by atoms with Crippen molar-refractivity contribution < 1.29 is 14.4 Å². The maximum absolute atomic E-state index is 10.8. The van der Waals surface area contributed by atoms with Gasteiger partial charge in [-0.05, 0) is 23.6 Å². The zero-order valence-corrected chi connectivity index (χ0v) is 17.8. The SMILES string of the molecule is COc1cc(NCc2cnc(Cl)nc2NCCc2ccc([N+](=O)[O-])cc2)cc(OC)c1. The molecule has 0 saturated heterocycles. The van der Waals surface area contributed by atoms with Gasteiger partial charge in [0.05, 0.1) is 19.1 Å². The summed E-state index contributed by atoms with van der Waals surface area (Å²) in [5.41, 5.74) is 2.70. The molecule has 2 N–H and O–H groups in total. The van der Waals surface area contributed by atoms with Crippen LogP contribution in [0.15, 0.2) is 48.7 Å². The number of halogens is 1. The fourth-order valence-corrected chi connectivity index (χ4v) is 3.02. The molecule has 1 heterocycles. The summed E-state index contributed by atoms with van der Waals surface area (Å²) < 4.78 is 10.6.